The monoisotopic (exact) mass is 381 g/mol. The highest BCUT2D eigenvalue weighted by molar-refractivity contribution is 5.81. The van der Waals surface area contributed by atoms with Crippen LogP contribution >= 0.6 is 0 Å². The van der Waals surface area contributed by atoms with Crippen LogP contribution in [-0.2, 0) is 14.4 Å². The summed E-state index contributed by atoms with van der Waals surface area (Å²) in [5.41, 5.74) is -0.937. The zero-order chi connectivity index (χ0) is 21.1. The van der Waals surface area contributed by atoms with E-state index in [1.165, 1.54) is 13.8 Å². The number of nitrogens with zero attached hydrogens (tertiary/aromatic N) is 1. The van der Waals surface area contributed by atoms with Crippen LogP contribution in [-0.4, -0.2) is 101 Å². The van der Waals surface area contributed by atoms with Gasteiger partial charge in [-0.1, -0.05) is 13.8 Å². The molecule has 0 aromatic heterocycles. The molecule has 10 nitrogen and oxygen atoms in total. The summed E-state index contributed by atoms with van der Waals surface area (Å²) in [7, 11) is 5.72. The standard InChI is InChI=1S/C9H17NO5.C7H15NO3/c1-9(2,5-11)7(14)8(15)10-4-3-6(12)13;1-8(2,3)5-6(9)4-7(10)11/h7,11,14H,3-5H2,1-2H3,(H,10,15)(H,12,13);6,9H,4-5H2,1-3H3/p+1/t;6-/m.1/s1. The molecule has 0 spiro atoms. The van der Waals surface area contributed by atoms with Crippen molar-refractivity contribution in [3.63, 3.8) is 0 Å². The number of aliphatic carboxylic acids is 2. The lowest BCUT2D eigenvalue weighted by molar-refractivity contribution is -0.873. The fraction of sp³-hybridized carbons (Fsp3) is 0.812. The first kappa shape index (κ1) is 26.5. The molecule has 0 saturated heterocycles. The van der Waals surface area contributed by atoms with Crippen molar-refractivity contribution in [3.05, 3.63) is 0 Å². The topological polar surface area (TPSA) is 164 Å². The molecular formula is C16H33N2O8+. The van der Waals surface area contributed by atoms with E-state index in [-0.39, 0.29) is 26.0 Å². The number of aliphatic hydroxyl groups excluding tert-OH is 3. The minimum absolute atomic E-state index is 0.0350. The maximum Gasteiger partial charge on any atom is 0.306 e. The Morgan fingerprint density at radius 2 is 1.54 bits per heavy atom. The first-order chi connectivity index (χ1) is 11.6. The van der Waals surface area contributed by atoms with Gasteiger partial charge in [0.2, 0.25) is 5.91 Å². The van der Waals surface area contributed by atoms with Crippen LogP contribution in [0.25, 0.3) is 0 Å². The van der Waals surface area contributed by atoms with Crippen molar-refractivity contribution in [2.45, 2.75) is 38.9 Å². The Kier molecular flexibility index (Phi) is 12.0. The molecule has 0 aromatic carbocycles. The van der Waals surface area contributed by atoms with Crippen LogP contribution < -0.4 is 5.32 Å². The molecule has 0 aliphatic carbocycles. The molecule has 26 heavy (non-hydrogen) atoms. The number of carbonyl (C=O) groups excluding carboxylic acids is 1. The van der Waals surface area contributed by atoms with E-state index in [0.717, 1.165) is 0 Å². The first-order valence-corrected chi connectivity index (χ1v) is 8.11. The predicted molar refractivity (Wildman–Crippen MR) is 93.3 cm³/mol. The van der Waals surface area contributed by atoms with Crippen molar-refractivity contribution in [2.75, 3.05) is 40.8 Å². The highest BCUT2D eigenvalue weighted by atomic mass is 16.4. The molecule has 1 amide bonds. The van der Waals surface area contributed by atoms with Gasteiger partial charge in [-0.25, -0.2) is 0 Å². The number of likely N-dealkylation sites (N-methyl/N-ethyl adjacent to an activating group) is 1. The fourth-order valence-electron chi connectivity index (χ4n) is 1.73. The predicted octanol–water partition coefficient (Wildman–Crippen LogP) is -1.52. The summed E-state index contributed by atoms with van der Waals surface area (Å²) >= 11 is 0. The Hall–Kier alpha value is -1.75. The number of carboxylic acid groups (broad SMARTS) is 2. The Morgan fingerprint density at radius 1 is 1.04 bits per heavy atom. The summed E-state index contributed by atoms with van der Waals surface area (Å²) in [5.74, 6) is -2.65. The van der Waals surface area contributed by atoms with E-state index >= 15 is 0 Å². The molecule has 0 bridgehead atoms. The minimum Gasteiger partial charge on any atom is -0.481 e. The number of aliphatic hydroxyl groups is 3. The van der Waals surface area contributed by atoms with Crippen LogP contribution in [0.15, 0.2) is 0 Å². The zero-order valence-electron chi connectivity index (χ0n) is 16.1. The van der Waals surface area contributed by atoms with Crippen LogP contribution in [0.1, 0.15) is 26.7 Å². The number of rotatable bonds is 10. The minimum atomic E-state index is -1.35. The van der Waals surface area contributed by atoms with Gasteiger partial charge in [0.15, 0.2) is 0 Å². The van der Waals surface area contributed by atoms with Crippen molar-refractivity contribution in [1.29, 1.82) is 0 Å². The number of hydrogen-bond donors (Lipinski definition) is 6. The molecule has 6 N–H and O–H groups in total. The lowest BCUT2D eigenvalue weighted by Crippen LogP contribution is -2.45. The number of hydrogen-bond acceptors (Lipinski definition) is 6. The molecule has 0 aliphatic rings. The van der Waals surface area contributed by atoms with E-state index in [9.17, 15) is 19.5 Å². The molecule has 0 fully saturated rings. The molecule has 0 aromatic rings. The smallest absolute Gasteiger partial charge is 0.306 e. The number of nitrogens with one attached hydrogen (secondary N) is 1. The number of carbonyl (C=O) groups is 3. The van der Waals surface area contributed by atoms with Crippen LogP contribution in [0.3, 0.4) is 0 Å². The highest BCUT2D eigenvalue weighted by Crippen LogP contribution is 2.19. The van der Waals surface area contributed by atoms with Gasteiger partial charge in [-0.2, -0.15) is 0 Å². The van der Waals surface area contributed by atoms with Gasteiger partial charge in [0.05, 0.1) is 40.6 Å². The average molecular weight is 381 g/mol. The Balaban J connectivity index is 0. The lowest BCUT2D eigenvalue weighted by Gasteiger charge is -2.26. The summed E-state index contributed by atoms with van der Waals surface area (Å²) < 4.78 is 0.578. The average Bonchev–Trinajstić information content (AvgIpc) is 2.43. The first-order valence-electron chi connectivity index (χ1n) is 8.11. The van der Waals surface area contributed by atoms with E-state index in [2.05, 4.69) is 5.32 Å². The molecule has 10 heteroatoms. The quantitative estimate of drug-likeness (QED) is 0.248. The number of quaternary nitrogens is 1. The van der Waals surface area contributed by atoms with Crippen LogP contribution in [0.4, 0.5) is 0 Å². The van der Waals surface area contributed by atoms with Crippen LogP contribution in [0.2, 0.25) is 0 Å². The van der Waals surface area contributed by atoms with Crippen LogP contribution in [0, 0.1) is 5.41 Å². The van der Waals surface area contributed by atoms with Gasteiger partial charge < -0.3 is 35.3 Å². The summed E-state index contributed by atoms with van der Waals surface area (Å²) in [5, 5.41) is 46.4. The van der Waals surface area contributed by atoms with Crippen molar-refractivity contribution in [3.8, 4) is 0 Å². The SMILES string of the molecule is CC(C)(CO)C(O)C(=O)NCCC(=O)O.C[N+](C)(C)C[C@H](O)CC(=O)O. The summed E-state index contributed by atoms with van der Waals surface area (Å²) in [6, 6.07) is 0. The molecule has 0 radical (unpaired) electrons. The van der Waals surface area contributed by atoms with Gasteiger partial charge in [-0.15, -0.1) is 0 Å². The van der Waals surface area contributed by atoms with Gasteiger partial charge in [0.25, 0.3) is 0 Å². The maximum absolute atomic E-state index is 11.3. The van der Waals surface area contributed by atoms with Gasteiger partial charge in [-0.3, -0.25) is 14.4 Å². The third-order valence-electron chi connectivity index (χ3n) is 3.20. The summed E-state index contributed by atoms with van der Waals surface area (Å²) in [6.45, 7) is 3.17. The second-order valence-corrected chi connectivity index (χ2v) is 7.71. The third kappa shape index (κ3) is 14.6. The molecule has 0 saturated carbocycles. The van der Waals surface area contributed by atoms with Crippen LogP contribution in [0.5, 0.6) is 0 Å². The van der Waals surface area contributed by atoms with Gasteiger partial charge >= 0.3 is 11.9 Å². The second kappa shape index (κ2) is 11.8. The Morgan fingerprint density at radius 3 is 1.88 bits per heavy atom. The van der Waals surface area contributed by atoms with E-state index in [1.807, 2.05) is 21.1 Å². The summed E-state index contributed by atoms with van der Waals surface area (Å²) in [4.78, 5) is 31.5. The molecule has 0 aliphatic heterocycles. The van der Waals surface area contributed by atoms with E-state index in [0.29, 0.717) is 11.0 Å². The van der Waals surface area contributed by atoms with Gasteiger partial charge in [0, 0.05) is 12.0 Å². The normalized spacial score (nSPS) is 13.8. The number of amides is 1. The van der Waals surface area contributed by atoms with Crippen molar-refractivity contribution in [1.82, 2.24) is 5.32 Å². The lowest BCUT2D eigenvalue weighted by atomic mass is 9.87. The second-order valence-electron chi connectivity index (χ2n) is 7.71. The number of carboxylic acids is 2. The van der Waals surface area contributed by atoms with Crippen molar-refractivity contribution in [2.24, 2.45) is 5.41 Å². The van der Waals surface area contributed by atoms with Gasteiger partial charge in [0.1, 0.15) is 18.8 Å². The molecule has 0 rings (SSSR count). The maximum atomic E-state index is 11.3. The molecule has 0 heterocycles. The third-order valence-corrected chi connectivity index (χ3v) is 3.20. The van der Waals surface area contributed by atoms with Gasteiger partial charge in [-0.05, 0) is 0 Å². The molecule has 2 atom stereocenters. The Bertz CT molecular complexity index is 460. The van der Waals surface area contributed by atoms with Crippen molar-refractivity contribution >= 4 is 17.8 Å². The van der Waals surface area contributed by atoms with E-state index in [4.69, 9.17) is 20.4 Å². The summed E-state index contributed by atoms with van der Waals surface area (Å²) in [6.07, 6.45) is -2.46. The zero-order valence-corrected chi connectivity index (χ0v) is 16.1. The molecule has 1 unspecified atom stereocenters. The van der Waals surface area contributed by atoms with Crippen molar-refractivity contribution < 1.29 is 44.4 Å². The molecular weight excluding hydrogens is 348 g/mol. The highest BCUT2D eigenvalue weighted by Gasteiger charge is 2.32. The largest absolute Gasteiger partial charge is 0.481 e. The van der Waals surface area contributed by atoms with E-state index < -0.39 is 35.5 Å². The Labute approximate surface area is 153 Å². The van der Waals surface area contributed by atoms with E-state index in [1.54, 1.807) is 0 Å². The molecule has 154 valence electrons. The fourth-order valence-corrected chi connectivity index (χ4v) is 1.73.